The fourth-order valence-electron chi connectivity index (χ4n) is 3.67. The Balaban J connectivity index is 1.63. The predicted molar refractivity (Wildman–Crippen MR) is 83.5 cm³/mol. The first-order valence-electron chi connectivity index (χ1n) is 7.98. The summed E-state index contributed by atoms with van der Waals surface area (Å²) in [6.45, 7) is 0. The minimum absolute atomic E-state index is 0.0588. The van der Waals surface area contributed by atoms with Gasteiger partial charge in [-0.25, -0.2) is 0 Å². The van der Waals surface area contributed by atoms with Crippen LogP contribution in [-0.4, -0.2) is 25.1 Å². The van der Waals surface area contributed by atoms with E-state index < -0.39 is 0 Å². The molecule has 114 valence electrons. The Kier molecular flexibility index (Phi) is 4.44. The van der Waals surface area contributed by atoms with Crippen molar-refractivity contribution in [2.75, 3.05) is 12.4 Å². The van der Waals surface area contributed by atoms with Gasteiger partial charge in [-0.3, -0.25) is 4.79 Å². The van der Waals surface area contributed by atoms with Gasteiger partial charge in [-0.1, -0.05) is 25.0 Å². The number of hydrogen-bond acceptors (Lipinski definition) is 3. The van der Waals surface area contributed by atoms with E-state index in [-0.39, 0.29) is 11.9 Å². The SMILES string of the molecule is COc1ccccc1NC(=O)C1CCC2CCCCC2N1. The second-order valence-electron chi connectivity index (χ2n) is 6.14. The van der Waals surface area contributed by atoms with E-state index in [1.165, 1.54) is 32.1 Å². The third kappa shape index (κ3) is 3.21. The number of rotatable bonds is 3. The van der Waals surface area contributed by atoms with Gasteiger partial charge in [0.1, 0.15) is 5.75 Å². The summed E-state index contributed by atoms with van der Waals surface area (Å²) in [5.74, 6) is 1.54. The zero-order chi connectivity index (χ0) is 14.7. The van der Waals surface area contributed by atoms with Gasteiger partial charge in [0, 0.05) is 6.04 Å². The number of ether oxygens (including phenoxy) is 1. The molecule has 21 heavy (non-hydrogen) atoms. The molecule has 3 unspecified atom stereocenters. The van der Waals surface area contributed by atoms with Crippen LogP contribution in [-0.2, 0) is 4.79 Å². The van der Waals surface area contributed by atoms with Gasteiger partial charge < -0.3 is 15.4 Å². The molecule has 1 aliphatic carbocycles. The quantitative estimate of drug-likeness (QED) is 0.899. The van der Waals surface area contributed by atoms with Crippen LogP contribution in [0.2, 0.25) is 0 Å². The first kappa shape index (κ1) is 14.4. The van der Waals surface area contributed by atoms with Crippen LogP contribution in [0, 0.1) is 5.92 Å². The number of fused-ring (bicyclic) bond motifs is 1. The summed E-state index contributed by atoms with van der Waals surface area (Å²) in [7, 11) is 1.62. The van der Waals surface area contributed by atoms with E-state index in [4.69, 9.17) is 4.74 Å². The fraction of sp³-hybridized carbons (Fsp3) is 0.588. The molecule has 1 saturated heterocycles. The summed E-state index contributed by atoms with van der Waals surface area (Å²) in [5.41, 5.74) is 0.748. The van der Waals surface area contributed by atoms with Crippen molar-refractivity contribution in [1.82, 2.24) is 5.32 Å². The summed E-state index contributed by atoms with van der Waals surface area (Å²) in [4.78, 5) is 12.5. The summed E-state index contributed by atoms with van der Waals surface area (Å²) in [6.07, 6.45) is 7.27. The average Bonchev–Trinajstić information content (AvgIpc) is 2.55. The molecule has 2 aliphatic rings. The molecular weight excluding hydrogens is 264 g/mol. The maximum Gasteiger partial charge on any atom is 0.241 e. The van der Waals surface area contributed by atoms with E-state index in [2.05, 4.69) is 10.6 Å². The topological polar surface area (TPSA) is 50.4 Å². The van der Waals surface area contributed by atoms with Gasteiger partial charge in [0.2, 0.25) is 5.91 Å². The second-order valence-corrected chi connectivity index (χ2v) is 6.14. The predicted octanol–water partition coefficient (Wildman–Crippen LogP) is 2.94. The van der Waals surface area contributed by atoms with Crippen molar-refractivity contribution in [3.8, 4) is 5.75 Å². The van der Waals surface area contributed by atoms with E-state index in [0.29, 0.717) is 11.8 Å². The maximum absolute atomic E-state index is 12.5. The molecule has 1 aromatic carbocycles. The van der Waals surface area contributed by atoms with Gasteiger partial charge in [0.25, 0.3) is 0 Å². The van der Waals surface area contributed by atoms with Crippen LogP contribution in [0.5, 0.6) is 5.75 Å². The maximum atomic E-state index is 12.5. The lowest BCUT2D eigenvalue weighted by Gasteiger charge is -2.39. The number of para-hydroxylation sites is 2. The third-order valence-corrected chi connectivity index (χ3v) is 4.83. The van der Waals surface area contributed by atoms with E-state index >= 15 is 0 Å². The van der Waals surface area contributed by atoms with Crippen molar-refractivity contribution in [3.63, 3.8) is 0 Å². The molecule has 2 N–H and O–H groups in total. The molecule has 3 atom stereocenters. The zero-order valence-corrected chi connectivity index (χ0v) is 12.6. The first-order chi connectivity index (χ1) is 10.3. The highest BCUT2D eigenvalue weighted by Crippen LogP contribution is 2.32. The molecule has 1 amide bonds. The number of hydrogen-bond donors (Lipinski definition) is 2. The lowest BCUT2D eigenvalue weighted by molar-refractivity contribution is -0.119. The first-order valence-corrected chi connectivity index (χ1v) is 7.98. The Hall–Kier alpha value is -1.55. The molecule has 0 aromatic heterocycles. The standard InChI is InChI=1S/C17H24N2O2/c1-21-16-9-5-4-8-14(16)19-17(20)15-11-10-12-6-2-3-7-13(12)18-15/h4-5,8-9,12-13,15,18H,2-3,6-7,10-11H2,1H3,(H,19,20). The van der Waals surface area contributed by atoms with Crippen LogP contribution in [0.4, 0.5) is 5.69 Å². The molecule has 0 spiro atoms. The molecule has 1 saturated carbocycles. The van der Waals surface area contributed by atoms with Crippen LogP contribution in [0.1, 0.15) is 38.5 Å². The highest BCUT2D eigenvalue weighted by molar-refractivity contribution is 5.96. The van der Waals surface area contributed by atoms with Gasteiger partial charge in [-0.05, 0) is 43.7 Å². The average molecular weight is 288 g/mol. The van der Waals surface area contributed by atoms with Crippen LogP contribution in [0.15, 0.2) is 24.3 Å². The highest BCUT2D eigenvalue weighted by Gasteiger charge is 2.34. The Morgan fingerprint density at radius 1 is 1.19 bits per heavy atom. The number of nitrogens with one attached hydrogen (secondary N) is 2. The lowest BCUT2D eigenvalue weighted by Crippen LogP contribution is -2.53. The van der Waals surface area contributed by atoms with Gasteiger partial charge in [-0.15, -0.1) is 0 Å². The number of methoxy groups -OCH3 is 1. The minimum Gasteiger partial charge on any atom is -0.495 e. The largest absolute Gasteiger partial charge is 0.495 e. The van der Waals surface area contributed by atoms with Crippen LogP contribution < -0.4 is 15.4 Å². The Bertz CT molecular complexity index is 503. The highest BCUT2D eigenvalue weighted by atomic mass is 16.5. The Morgan fingerprint density at radius 3 is 2.86 bits per heavy atom. The van der Waals surface area contributed by atoms with E-state index in [0.717, 1.165) is 18.0 Å². The Labute approximate surface area is 126 Å². The van der Waals surface area contributed by atoms with Crippen LogP contribution in [0.3, 0.4) is 0 Å². The minimum atomic E-state index is -0.0748. The summed E-state index contributed by atoms with van der Waals surface area (Å²) < 4.78 is 5.28. The molecule has 0 bridgehead atoms. The van der Waals surface area contributed by atoms with Crippen molar-refractivity contribution < 1.29 is 9.53 Å². The Morgan fingerprint density at radius 2 is 2.00 bits per heavy atom. The number of amides is 1. The normalized spacial score (nSPS) is 28.5. The molecule has 3 rings (SSSR count). The zero-order valence-electron chi connectivity index (χ0n) is 12.6. The number of carbonyl (C=O) groups excluding carboxylic acids is 1. The van der Waals surface area contributed by atoms with Crippen molar-refractivity contribution >= 4 is 11.6 Å². The number of carbonyl (C=O) groups is 1. The summed E-state index contributed by atoms with van der Waals surface area (Å²) in [5, 5.41) is 6.56. The van der Waals surface area contributed by atoms with Crippen molar-refractivity contribution in [3.05, 3.63) is 24.3 Å². The summed E-state index contributed by atoms with van der Waals surface area (Å²) in [6, 6.07) is 8.00. The molecule has 1 aliphatic heterocycles. The molecule has 4 nitrogen and oxygen atoms in total. The van der Waals surface area contributed by atoms with Crippen molar-refractivity contribution in [1.29, 1.82) is 0 Å². The van der Waals surface area contributed by atoms with Crippen LogP contribution >= 0.6 is 0 Å². The van der Waals surface area contributed by atoms with E-state index in [9.17, 15) is 4.79 Å². The lowest BCUT2D eigenvalue weighted by atomic mass is 9.77. The molecule has 4 heteroatoms. The fourth-order valence-corrected chi connectivity index (χ4v) is 3.67. The third-order valence-electron chi connectivity index (χ3n) is 4.83. The second kappa shape index (κ2) is 6.48. The monoisotopic (exact) mass is 288 g/mol. The molecular formula is C17H24N2O2. The van der Waals surface area contributed by atoms with E-state index in [1.54, 1.807) is 7.11 Å². The molecule has 0 radical (unpaired) electrons. The van der Waals surface area contributed by atoms with Crippen molar-refractivity contribution in [2.24, 2.45) is 5.92 Å². The number of benzene rings is 1. The molecule has 1 aromatic rings. The van der Waals surface area contributed by atoms with Gasteiger partial charge in [0.05, 0.1) is 18.8 Å². The smallest absolute Gasteiger partial charge is 0.241 e. The van der Waals surface area contributed by atoms with E-state index in [1.807, 2.05) is 24.3 Å². The van der Waals surface area contributed by atoms with Gasteiger partial charge in [0.15, 0.2) is 0 Å². The van der Waals surface area contributed by atoms with Crippen molar-refractivity contribution in [2.45, 2.75) is 50.6 Å². The number of piperidine rings is 1. The van der Waals surface area contributed by atoms with Gasteiger partial charge in [-0.2, -0.15) is 0 Å². The van der Waals surface area contributed by atoms with Gasteiger partial charge >= 0.3 is 0 Å². The summed E-state index contributed by atoms with van der Waals surface area (Å²) >= 11 is 0. The van der Waals surface area contributed by atoms with Crippen LogP contribution in [0.25, 0.3) is 0 Å². The number of anilines is 1. The molecule has 1 heterocycles. The molecule has 2 fully saturated rings.